The minimum Gasteiger partial charge on any atom is -0.744 e. The number of nitrogens with two attached hydrogens (primary N) is 2. The van der Waals surface area contributed by atoms with Crippen molar-refractivity contribution in [3.05, 3.63) is 72.8 Å². The number of hydrogen-bond donors (Lipinski definition) is 2. The summed E-state index contributed by atoms with van der Waals surface area (Å²) in [6.07, 6.45) is 0. The molecule has 0 bridgehead atoms. The molecule has 0 heterocycles. The smallest absolute Gasteiger partial charge is 0.744 e. The molecular formula is C20H40N2NiO15S2+6. The van der Waals surface area contributed by atoms with Crippen LogP contribution < -0.4 is 11.5 Å². The van der Waals surface area contributed by atoms with E-state index in [0.717, 1.165) is 0 Å². The second-order valence-electron chi connectivity index (χ2n) is 6.31. The van der Waals surface area contributed by atoms with Gasteiger partial charge in [0.15, 0.2) is 0 Å². The number of nitrogen functional groups attached to an aromatic ring is 2. The van der Waals surface area contributed by atoms with Crippen molar-refractivity contribution in [2.75, 3.05) is 11.5 Å². The van der Waals surface area contributed by atoms with Crippen LogP contribution in [-0.2, 0) is 69.6 Å². The van der Waals surface area contributed by atoms with Crippen molar-refractivity contribution in [3.8, 4) is 0 Å². The van der Waals surface area contributed by atoms with E-state index < -0.39 is 20.2 Å². The molecule has 0 unspecified atom stereocenters. The third kappa shape index (κ3) is 12.4. The van der Waals surface area contributed by atoms with Gasteiger partial charge in [0.05, 0.1) is 9.79 Å². The molecule has 0 amide bonds. The van der Waals surface area contributed by atoms with Gasteiger partial charge >= 0.3 is 16.5 Å². The van der Waals surface area contributed by atoms with Gasteiger partial charge in [-0.1, -0.05) is 48.5 Å². The van der Waals surface area contributed by atoms with E-state index in [2.05, 4.69) is 0 Å². The summed E-state index contributed by atoms with van der Waals surface area (Å²) in [5.41, 5.74) is 12.3. The van der Waals surface area contributed by atoms with E-state index in [1.54, 1.807) is 48.5 Å². The Hall–Kier alpha value is -3.05. The first-order valence-corrected chi connectivity index (χ1v) is 11.3. The Balaban J connectivity index is -0.0000000683. The van der Waals surface area contributed by atoms with Crippen LogP contribution in [0.2, 0.25) is 0 Å². The molecule has 0 spiro atoms. The van der Waals surface area contributed by atoms with E-state index in [-0.39, 0.29) is 75.6 Å². The van der Waals surface area contributed by atoms with Crippen molar-refractivity contribution < 1.29 is 91.7 Å². The van der Waals surface area contributed by atoms with E-state index >= 15 is 0 Å². The molecular weight excluding hydrogens is 631 g/mol. The summed E-state index contributed by atoms with van der Waals surface area (Å²) < 4.78 is 65.8. The Labute approximate surface area is 238 Å². The van der Waals surface area contributed by atoms with Crippen LogP contribution in [0.5, 0.6) is 0 Å². The van der Waals surface area contributed by atoms with Crippen LogP contribution >= 0.6 is 0 Å². The van der Waals surface area contributed by atoms with Gasteiger partial charge in [0.25, 0.3) is 0 Å². The fourth-order valence-corrected chi connectivity index (χ4v) is 4.43. The Morgan fingerprint density at radius 1 is 0.450 bits per heavy atom. The maximum Gasteiger partial charge on any atom is 2.00 e. The number of fused-ring (bicyclic) bond motifs is 2. The molecule has 0 aromatic heterocycles. The first-order valence-electron chi connectivity index (χ1n) is 8.46. The minimum atomic E-state index is -4.45. The summed E-state index contributed by atoms with van der Waals surface area (Å²) in [6.45, 7) is 0. The first kappa shape index (κ1) is 57.0. The van der Waals surface area contributed by atoms with Crippen LogP contribution in [0.4, 0.5) is 11.4 Å². The van der Waals surface area contributed by atoms with E-state index in [1.165, 1.54) is 24.3 Å². The molecule has 17 nitrogen and oxygen atoms in total. The average molecular weight is 671 g/mol. The molecule has 0 aliphatic carbocycles. The van der Waals surface area contributed by atoms with Gasteiger partial charge in [-0.05, 0) is 24.3 Å². The van der Waals surface area contributed by atoms with E-state index in [0.29, 0.717) is 32.9 Å². The van der Waals surface area contributed by atoms with Crippen molar-refractivity contribution in [1.29, 1.82) is 0 Å². The summed E-state index contributed by atoms with van der Waals surface area (Å²) in [5.74, 6) is 0. The van der Waals surface area contributed by atoms with Gasteiger partial charge < -0.3 is 69.9 Å². The number of hydrogen-bond acceptors (Lipinski definition) is 8. The third-order valence-electron chi connectivity index (χ3n) is 4.37. The Kier molecular flexibility index (Phi) is 31.0. The molecule has 0 atom stereocenters. The fraction of sp³-hybridized carbons (Fsp3) is 0. The SMILES string of the molecule is Nc1cccc2c(S(=O)(=O)[O-])cccc12.Nc1cccc2c(S(=O)(=O)[O-])cccc12.O.O.O.[Ni+2].[OH3+].[OH3+].[OH3+].[OH3+].[OH3+].[OH3+]. The summed E-state index contributed by atoms with van der Waals surface area (Å²) in [5, 5.41) is 1.89. The van der Waals surface area contributed by atoms with Crippen molar-refractivity contribution in [1.82, 2.24) is 0 Å². The van der Waals surface area contributed by atoms with Gasteiger partial charge in [0, 0.05) is 32.9 Å². The largest absolute Gasteiger partial charge is 2.00 e. The van der Waals surface area contributed by atoms with Crippen LogP contribution in [-0.4, -0.2) is 42.4 Å². The Bertz CT molecular complexity index is 1380. The fourth-order valence-electron chi connectivity index (χ4n) is 3.05. The molecule has 4 aromatic rings. The predicted molar refractivity (Wildman–Crippen MR) is 153 cm³/mol. The second kappa shape index (κ2) is 21.7. The van der Waals surface area contributed by atoms with Crippen LogP contribution in [0.3, 0.4) is 0 Å². The van der Waals surface area contributed by atoms with Gasteiger partial charge in [-0.3, -0.25) is 0 Å². The standard InChI is InChI=1S/2C10H9NO3S.Ni.9H2O/c2*11-9-5-1-4-8-7(9)3-2-6-10(8)15(12,13)14;;;;;;;;;;/h2*1-6H,11H2,(H,12,13,14);;9*1H2/q;;+2;;;;;;;;;/p+4. The molecule has 0 saturated carbocycles. The van der Waals surface area contributed by atoms with Crippen molar-refractivity contribution in [2.45, 2.75) is 9.79 Å². The maximum absolute atomic E-state index is 11.0. The third-order valence-corrected chi connectivity index (χ3v) is 6.16. The summed E-state index contributed by atoms with van der Waals surface area (Å²) in [7, 11) is -8.90. The predicted octanol–water partition coefficient (Wildman–Crippen LogP) is -5.36. The van der Waals surface area contributed by atoms with Crippen molar-refractivity contribution >= 4 is 53.2 Å². The molecule has 236 valence electrons. The summed E-state index contributed by atoms with van der Waals surface area (Å²) in [4.78, 5) is -0.459. The van der Waals surface area contributed by atoms with Gasteiger partial charge in [-0.15, -0.1) is 0 Å². The van der Waals surface area contributed by atoms with Gasteiger partial charge in [0.2, 0.25) is 0 Å². The van der Waals surface area contributed by atoms with Gasteiger partial charge in [0.1, 0.15) is 20.2 Å². The van der Waals surface area contributed by atoms with Gasteiger partial charge in [-0.2, -0.15) is 0 Å². The molecule has 20 heteroatoms. The molecule has 0 radical (unpaired) electrons. The van der Waals surface area contributed by atoms with Crippen LogP contribution in [0.1, 0.15) is 0 Å². The van der Waals surface area contributed by atoms with E-state index in [9.17, 15) is 25.9 Å². The molecule has 0 aliphatic heterocycles. The molecule has 0 aliphatic rings. The molecule has 4 aromatic carbocycles. The number of anilines is 2. The number of benzene rings is 4. The Morgan fingerprint density at radius 3 is 0.925 bits per heavy atom. The van der Waals surface area contributed by atoms with Crippen LogP contribution in [0.15, 0.2) is 82.6 Å². The topological polar surface area (TPSA) is 459 Å². The van der Waals surface area contributed by atoms with E-state index in [4.69, 9.17) is 11.5 Å². The van der Waals surface area contributed by atoms with Crippen LogP contribution in [0.25, 0.3) is 21.5 Å². The first-order chi connectivity index (χ1) is 14.0. The molecule has 0 fully saturated rings. The van der Waals surface area contributed by atoms with Crippen molar-refractivity contribution in [3.63, 3.8) is 0 Å². The Morgan fingerprint density at radius 2 is 0.675 bits per heavy atom. The summed E-state index contributed by atoms with van der Waals surface area (Å²) in [6, 6.07) is 18.6. The van der Waals surface area contributed by atoms with Crippen LogP contribution in [0, 0.1) is 0 Å². The average Bonchev–Trinajstić information content (AvgIpc) is 2.67. The molecule has 28 N–H and O–H groups in total. The summed E-state index contributed by atoms with van der Waals surface area (Å²) >= 11 is 0. The maximum atomic E-state index is 11.0. The normalized spacial score (nSPS) is 8.85. The zero-order valence-electron chi connectivity index (χ0n) is 20.6. The quantitative estimate of drug-likeness (QED) is 0.0894. The monoisotopic (exact) mass is 670 g/mol. The van der Waals surface area contributed by atoms with Gasteiger partial charge in [-0.25, -0.2) is 16.8 Å². The van der Waals surface area contributed by atoms with E-state index in [1.807, 2.05) is 0 Å². The van der Waals surface area contributed by atoms with Crippen molar-refractivity contribution in [2.24, 2.45) is 0 Å². The zero-order valence-corrected chi connectivity index (χ0v) is 23.2. The second-order valence-corrected chi connectivity index (χ2v) is 9.00. The molecule has 0 saturated heterocycles. The minimum absolute atomic E-state index is 0. The molecule has 4 rings (SSSR count). The zero-order chi connectivity index (χ0) is 22.1. The molecule has 40 heavy (non-hydrogen) atoms. The number of rotatable bonds is 2.